The number of carbonyl (C=O) groups excluding carboxylic acids is 1. The minimum absolute atomic E-state index is 0.101. The molecule has 2 heterocycles. The zero-order valence-corrected chi connectivity index (χ0v) is 19.7. The van der Waals surface area contributed by atoms with Crippen LogP contribution in [0.4, 0.5) is 21.5 Å². The van der Waals surface area contributed by atoms with Crippen molar-refractivity contribution in [3.63, 3.8) is 0 Å². The van der Waals surface area contributed by atoms with Crippen molar-refractivity contribution >= 4 is 33.9 Å². The van der Waals surface area contributed by atoms with Crippen molar-refractivity contribution in [1.29, 1.82) is 0 Å². The lowest BCUT2D eigenvalue weighted by molar-refractivity contribution is 0.0574. The number of nitrogens with two attached hydrogens (primary N) is 1. The summed E-state index contributed by atoms with van der Waals surface area (Å²) in [5.74, 6) is -0.682. The number of rotatable bonds is 8. The first-order valence-electron chi connectivity index (χ1n) is 11.3. The predicted molar refractivity (Wildman–Crippen MR) is 131 cm³/mol. The highest BCUT2D eigenvalue weighted by atomic mass is 19.1. The van der Waals surface area contributed by atoms with Crippen molar-refractivity contribution in [1.82, 2.24) is 15.1 Å². The highest BCUT2D eigenvalue weighted by Crippen LogP contribution is 2.38. The number of fused-ring (bicyclic) bond motifs is 1. The largest absolute Gasteiger partial charge is 0.495 e. The number of carbonyl (C=O) groups is 1. The van der Waals surface area contributed by atoms with Crippen LogP contribution in [0.15, 0.2) is 30.3 Å². The lowest BCUT2D eigenvalue weighted by atomic mass is 10.1. The van der Waals surface area contributed by atoms with Crippen LogP contribution < -0.4 is 20.7 Å². The summed E-state index contributed by atoms with van der Waals surface area (Å²) in [7, 11) is 1.56. The Bertz CT molecular complexity index is 1230. The van der Waals surface area contributed by atoms with E-state index in [4.69, 9.17) is 15.6 Å². The summed E-state index contributed by atoms with van der Waals surface area (Å²) < 4.78 is 20.2. The number of aromatic nitrogens is 2. The minimum Gasteiger partial charge on any atom is -0.495 e. The zero-order chi connectivity index (χ0) is 25.1. The second kappa shape index (κ2) is 10.4. The molecule has 1 aliphatic heterocycles. The molecular formula is C24H29FN6O4. The lowest BCUT2D eigenvalue weighted by Gasteiger charge is -2.37. The Labute approximate surface area is 202 Å². The van der Waals surface area contributed by atoms with Gasteiger partial charge in [0, 0.05) is 44.2 Å². The number of aryl methyl sites for hydroxylation is 1. The first-order valence-corrected chi connectivity index (χ1v) is 11.3. The van der Waals surface area contributed by atoms with Gasteiger partial charge in [-0.3, -0.25) is 9.69 Å². The SMILES string of the molecule is COc1cc2nnc(C(N)=O)c(Nc3ccc(C)cc3F)c2cc1N1CCN(C[C@H](O)CO)CC1. The first-order chi connectivity index (χ1) is 16.8. The van der Waals surface area contributed by atoms with Gasteiger partial charge in [-0.25, -0.2) is 4.39 Å². The number of piperazine rings is 1. The third kappa shape index (κ3) is 5.26. The van der Waals surface area contributed by atoms with Crippen LogP contribution >= 0.6 is 0 Å². The maximum absolute atomic E-state index is 14.6. The van der Waals surface area contributed by atoms with E-state index in [1.807, 2.05) is 6.07 Å². The Morgan fingerprint density at radius 3 is 2.60 bits per heavy atom. The number of nitrogens with one attached hydrogen (secondary N) is 1. The fourth-order valence-electron chi connectivity index (χ4n) is 4.22. The van der Waals surface area contributed by atoms with Crippen LogP contribution in [0.2, 0.25) is 0 Å². The molecule has 1 atom stereocenters. The summed E-state index contributed by atoms with van der Waals surface area (Å²) in [5, 5.41) is 30.5. The fourth-order valence-corrected chi connectivity index (χ4v) is 4.22. The summed E-state index contributed by atoms with van der Waals surface area (Å²) in [6, 6.07) is 8.30. The molecule has 11 heteroatoms. The molecular weight excluding hydrogens is 455 g/mol. The Morgan fingerprint density at radius 2 is 1.97 bits per heavy atom. The maximum Gasteiger partial charge on any atom is 0.271 e. The van der Waals surface area contributed by atoms with Gasteiger partial charge in [-0.2, -0.15) is 0 Å². The molecule has 2 aromatic carbocycles. The third-order valence-corrected chi connectivity index (χ3v) is 6.07. The van der Waals surface area contributed by atoms with Gasteiger partial charge in [-0.05, 0) is 30.7 Å². The fraction of sp³-hybridized carbons (Fsp3) is 0.375. The van der Waals surface area contributed by atoms with E-state index < -0.39 is 17.8 Å². The number of benzene rings is 2. The van der Waals surface area contributed by atoms with E-state index in [0.717, 1.165) is 11.3 Å². The van der Waals surface area contributed by atoms with Crippen molar-refractivity contribution in [2.24, 2.45) is 5.73 Å². The van der Waals surface area contributed by atoms with Gasteiger partial charge < -0.3 is 30.9 Å². The molecule has 0 spiro atoms. The molecule has 1 amide bonds. The van der Waals surface area contributed by atoms with Crippen LogP contribution in [-0.4, -0.2) is 83.8 Å². The summed E-state index contributed by atoms with van der Waals surface area (Å²) >= 11 is 0. The van der Waals surface area contributed by atoms with E-state index in [-0.39, 0.29) is 23.7 Å². The van der Waals surface area contributed by atoms with Crippen molar-refractivity contribution in [2.75, 3.05) is 56.7 Å². The molecule has 0 radical (unpaired) electrons. The van der Waals surface area contributed by atoms with Gasteiger partial charge in [0.2, 0.25) is 0 Å². The molecule has 1 saturated heterocycles. The molecule has 5 N–H and O–H groups in total. The number of anilines is 3. The second-order valence-corrected chi connectivity index (χ2v) is 8.56. The number of aliphatic hydroxyl groups excluding tert-OH is 2. The number of aliphatic hydroxyl groups is 2. The number of nitrogens with zero attached hydrogens (tertiary/aromatic N) is 4. The summed E-state index contributed by atoms with van der Waals surface area (Å²) in [5.41, 5.74) is 7.91. The quantitative estimate of drug-likeness (QED) is 0.374. The minimum atomic E-state index is -0.789. The number of hydrogen-bond donors (Lipinski definition) is 4. The van der Waals surface area contributed by atoms with E-state index in [0.29, 0.717) is 49.4 Å². The lowest BCUT2D eigenvalue weighted by Crippen LogP contribution is -2.49. The number of ether oxygens (including phenoxy) is 1. The van der Waals surface area contributed by atoms with E-state index >= 15 is 0 Å². The molecule has 0 bridgehead atoms. The molecule has 10 nitrogen and oxygen atoms in total. The van der Waals surface area contributed by atoms with E-state index in [9.17, 15) is 14.3 Å². The third-order valence-electron chi connectivity index (χ3n) is 6.07. The van der Waals surface area contributed by atoms with Crippen LogP contribution in [0.5, 0.6) is 5.75 Å². The maximum atomic E-state index is 14.6. The van der Waals surface area contributed by atoms with Gasteiger partial charge in [0.15, 0.2) is 5.69 Å². The Kier molecular flexibility index (Phi) is 7.29. The standard InChI is InChI=1S/C24H29FN6O4/c1-14-3-4-18(17(25)9-14)27-22-16-10-20(31-7-5-30(6-8-31)12-15(33)13-32)21(35-2)11-19(16)28-29-23(22)24(26)34/h3-4,9-11,15,32-33H,5-8,12-13H2,1-2H3,(H2,26,34)(H,27,28)/t15-/m0/s1. The van der Waals surface area contributed by atoms with E-state index in [1.165, 1.54) is 6.07 Å². The van der Waals surface area contributed by atoms with E-state index in [1.54, 1.807) is 32.2 Å². The number of amides is 1. The highest BCUT2D eigenvalue weighted by Gasteiger charge is 2.24. The number of primary amides is 1. The van der Waals surface area contributed by atoms with E-state index in [2.05, 4.69) is 25.3 Å². The molecule has 4 rings (SSSR count). The second-order valence-electron chi connectivity index (χ2n) is 8.56. The average molecular weight is 485 g/mol. The number of β-amino-alcohol motifs (C(OH)–C–C–N with tert-alkyl or cyclic N) is 1. The molecule has 1 fully saturated rings. The van der Waals surface area contributed by atoms with Crippen molar-refractivity contribution in [3.05, 3.63) is 47.4 Å². The first kappa shape index (κ1) is 24.6. The van der Waals surface area contributed by atoms with Crippen LogP contribution in [0.3, 0.4) is 0 Å². The normalized spacial score (nSPS) is 15.3. The monoisotopic (exact) mass is 484 g/mol. The van der Waals surface area contributed by atoms with Gasteiger partial charge in [0.05, 0.1) is 42.4 Å². The smallest absolute Gasteiger partial charge is 0.271 e. The van der Waals surface area contributed by atoms with Gasteiger partial charge in [0.1, 0.15) is 11.6 Å². The van der Waals surface area contributed by atoms with Crippen molar-refractivity contribution in [2.45, 2.75) is 13.0 Å². The molecule has 3 aromatic rings. The number of methoxy groups -OCH3 is 1. The summed E-state index contributed by atoms with van der Waals surface area (Å²) in [4.78, 5) is 16.4. The summed E-state index contributed by atoms with van der Waals surface area (Å²) in [6.07, 6.45) is -0.779. The molecule has 0 unspecified atom stereocenters. The van der Waals surface area contributed by atoms with Crippen LogP contribution in [0.25, 0.3) is 10.9 Å². The summed E-state index contributed by atoms with van der Waals surface area (Å²) in [6.45, 7) is 4.56. The molecule has 0 saturated carbocycles. The Hall–Kier alpha value is -3.54. The highest BCUT2D eigenvalue weighted by molar-refractivity contribution is 6.07. The number of halogens is 1. The molecule has 0 aliphatic carbocycles. The topological polar surface area (TPSA) is 137 Å². The van der Waals surface area contributed by atoms with Crippen LogP contribution in [0.1, 0.15) is 16.1 Å². The predicted octanol–water partition coefficient (Wildman–Crippen LogP) is 1.40. The Morgan fingerprint density at radius 1 is 1.23 bits per heavy atom. The van der Waals surface area contributed by atoms with Crippen molar-refractivity contribution < 1.29 is 24.1 Å². The van der Waals surface area contributed by atoms with Crippen LogP contribution in [0, 0.1) is 12.7 Å². The van der Waals surface area contributed by atoms with Gasteiger partial charge in [-0.1, -0.05) is 6.07 Å². The van der Waals surface area contributed by atoms with Gasteiger partial charge in [0.25, 0.3) is 5.91 Å². The molecule has 1 aliphatic rings. The zero-order valence-electron chi connectivity index (χ0n) is 19.7. The average Bonchev–Trinajstić information content (AvgIpc) is 2.85. The Balaban J connectivity index is 1.74. The molecule has 186 valence electrons. The van der Waals surface area contributed by atoms with Crippen molar-refractivity contribution in [3.8, 4) is 5.75 Å². The van der Waals surface area contributed by atoms with Gasteiger partial charge >= 0.3 is 0 Å². The number of hydrogen-bond acceptors (Lipinski definition) is 9. The van der Waals surface area contributed by atoms with Crippen LogP contribution in [-0.2, 0) is 0 Å². The molecule has 1 aromatic heterocycles. The van der Waals surface area contributed by atoms with Gasteiger partial charge in [-0.15, -0.1) is 10.2 Å². The molecule has 35 heavy (non-hydrogen) atoms.